The maximum absolute atomic E-state index is 9.46. The predicted molar refractivity (Wildman–Crippen MR) is 183 cm³/mol. The van der Waals surface area contributed by atoms with E-state index in [9.17, 15) is 5.11 Å². The monoisotopic (exact) mass is 564 g/mol. The van der Waals surface area contributed by atoms with Gasteiger partial charge in [-0.05, 0) is 51.6 Å². The van der Waals surface area contributed by atoms with Gasteiger partial charge in [0, 0.05) is 6.54 Å². The van der Waals surface area contributed by atoms with Crippen molar-refractivity contribution < 1.29 is 5.11 Å². The van der Waals surface area contributed by atoms with Crippen LogP contribution in [0.5, 0.6) is 0 Å². The van der Waals surface area contributed by atoms with Crippen molar-refractivity contribution in [2.75, 3.05) is 26.2 Å². The minimum Gasteiger partial charge on any atom is -0.395 e. The van der Waals surface area contributed by atoms with Gasteiger partial charge < -0.3 is 10.0 Å². The molecule has 0 spiro atoms. The molecule has 0 aliphatic heterocycles. The van der Waals surface area contributed by atoms with Gasteiger partial charge in [-0.15, -0.1) is 0 Å². The molecule has 0 bridgehead atoms. The molecule has 0 aromatic heterocycles. The molecule has 0 unspecified atom stereocenters. The van der Waals surface area contributed by atoms with E-state index in [0.717, 1.165) is 6.54 Å². The summed E-state index contributed by atoms with van der Waals surface area (Å²) in [5, 5.41) is 9.46. The lowest BCUT2D eigenvalue weighted by Gasteiger charge is -2.21. The molecule has 0 saturated carbocycles. The molecule has 40 heavy (non-hydrogen) atoms. The topological polar surface area (TPSA) is 23.5 Å². The number of nitrogens with zero attached hydrogens (tertiary/aromatic N) is 1. The minimum atomic E-state index is 0.311. The first kappa shape index (κ1) is 39.7. The fourth-order valence-electron chi connectivity index (χ4n) is 5.94. The number of rotatable bonds is 35. The number of unbranched alkanes of at least 4 members (excludes halogenated alkanes) is 27. The maximum Gasteiger partial charge on any atom is 0.0558 e. The van der Waals surface area contributed by atoms with Crippen molar-refractivity contribution in [3.8, 4) is 0 Å². The Bertz CT molecular complexity index is 462. The van der Waals surface area contributed by atoms with Crippen molar-refractivity contribution in [2.24, 2.45) is 0 Å². The number of hydrogen-bond donors (Lipinski definition) is 1. The zero-order valence-corrected chi connectivity index (χ0v) is 28.1. The molecule has 0 amide bonds. The van der Waals surface area contributed by atoms with E-state index in [1.165, 1.54) is 206 Å². The maximum atomic E-state index is 9.46. The summed E-state index contributed by atoms with van der Waals surface area (Å²) in [6.45, 7) is 8.13. The van der Waals surface area contributed by atoms with Crippen molar-refractivity contribution in [3.05, 3.63) is 12.2 Å². The Kier molecular flexibility index (Phi) is 36.4. The summed E-state index contributed by atoms with van der Waals surface area (Å²) < 4.78 is 0. The van der Waals surface area contributed by atoms with Crippen LogP contribution in [0.25, 0.3) is 0 Å². The van der Waals surface area contributed by atoms with Crippen LogP contribution in [0.15, 0.2) is 12.2 Å². The van der Waals surface area contributed by atoms with Crippen molar-refractivity contribution in [3.63, 3.8) is 0 Å². The molecular formula is C38H77NO. The van der Waals surface area contributed by atoms with Crippen LogP contribution >= 0.6 is 0 Å². The van der Waals surface area contributed by atoms with E-state index >= 15 is 0 Å². The summed E-state index contributed by atoms with van der Waals surface area (Å²) in [6.07, 6.45) is 46.9. The van der Waals surface area contributed by atoms with E-state index in [0.29, 0.717) is 6.61 Å². The third-order valence-corrected chi connectivity index (χ3v) is 8.73. The minimum absolute atomic E-state index is 0.311. The zero-order valence-electron chi connectivity index (χ0n) is 28.1. The van der Waals surface area contributed by atoms with Gasteiger partial charge >= 0.3 is 0 Å². The smallest absolute Gasteiger partial charge is 0.0558 e. The van der Waals surface area contributed by atoms with E-state index in [4.69, 9.17) is 0 Å². The van der Waals surface area contributed by atoms with Crippen LogP contribution in [0.4, 0.5) is 0 Å². The highest BCUT2D eigenvalue weighted by Gasteiger charge is 2.04. The Balaban J connectivity index is 3.40. The number of aliphatic hydroxyl groups excluding tert-OH is 1. The molecular weight excluding hydrogens is 486 g/mol. The average molecular weight is 564 g/mol. The van der Waals surface area contributed by atoms with Gasteiger partial charge in [0.25, 0.3) is 0 Å². The van der Waals surface area contributed by atoms with Crippen LogP contribution < -0.4 is 0 Å². The first-order valence-corrected chi connectivity index (χ1v) is 18.8. The molecule has 0 radical (unpaired) electrons. The van der Waals surface area contributed by atoms with Crippen LogP contribution in [0.3, 0.4) is 0 Å². The van der Waals surface area contributed by atoms with Gasteiger partial charge in [0.15, 0.2) is 0 Å². The van der Waals surface area contributed by atoms with Gasteiger partial charge in [-0.2, -0.15) is 0 Å². The van der Waals surface area contributed by atoms with Gasteiger partial charge in [-0.3, -0.25) is 0 Å². The Labute approximate surface area is 254 Å². The van der Waals surface area contributed by atoms with Gasteiger partial charge in [0.2, 0.25) is 0 Å². The standard InChI is InChI=1S/C38H77NO/c1-3-5-7-9-11-13-15-17-19-21-23-25-27-29-31-33-35-39(37-38-40)36-34-32-30-28-26-24-22-20-18-16-14-12-10-8-6-4-2/h17,19,40H,3-16,18,20-38H2,1-2H3. The predicted octanol–water partition coefficient (Wildman–Crippen LogP) is 12.6. The molecule has 2 nitrogen and oxygen atoms in total. The highest BCUT2D eigenvalue weighted by atomic mass is 16.3. The van der Waals surface area contributed by atoms with Gasteiger partial charge in [0.05, 0.1) is 6.61 Å². The molecule has 0 rings (SSSR count). The van der Waals surface area contributed by atoms with Gasteiger partial charge in [-0.1, -0.05) is 180 Å². The average Bonchev–Trinajstić information content (AvgIpc) is 2.96. The Hall–Kier alpha value is -0.340. The van der Waals surface area contributed by atoms with E-state index in [-0.39, 0.29) is 0 Å². The lowest BCUT2D eigenvalue weighted by atomic mass is 10.0. The lowest BCUT2D eigenvalue weighted by Crippen LogP contribution is -2.29. The molecule has 0 heterocycles. The van der Waals surface area contributed by atoms with Gasteiger partial charge in [0.1, 0.15) is 0 Å². The van der Waals surface area contributed by atoms with Crippen molar-refractivity contribution in [2.45, 2.75) is 206 Å². The van der Waals surface area contributed by atoms with Crippen LogP contribution in [0.1, 0.15) is 206 Å². The summed E-state index contributed by atoms with van der Waals surface area (Å²) in [4.78, 5) is 2.51. The summed E-state index contributed by atoms with van der Waals surface area (Å²) in [6, 6.07) is 0. The fourth-order valence-corrected chi connectivity index (χ4v) is 5.94. The second-order valence-electron chi connectivity index (χ2n) is 12.8. The second-order valence-corrected chi connectivity index (χ2v) is 12.8. The van der Waals surface area contributed by atoms with Crippen molar-refractivity contribution in [1.29, 1.82) is 0 Å². The SMILES string of the molecule is CCCCCCCCC=CCCCCCCCCN(CCO)CCCCCCCCCCCCCCCCCC. The Morgan fingerprint density at radius 1 is 0.350 bits per heavy atom. The Morgan fingerprint density at radius 3 is 0.925 bits per heavy atom. The normalized spacial score (nSPS) is 11.9. The van der Waals surface area contributed by atoms with Crippen molar-refractivity contribution in [1.82, 2.24) is 4.90 Å². The number of aliphatic hydroxyl groups is 1. The molecule has 2 heteroatoms. The summed E-state index contributed by atoms with van der Waals surface area (Å²) >= 11 is 0. The zero-order chi connectivity index (χ0) is 29.0. The van der Waals surface area contributed by atoms with Crippen LogP contribution in [-0.4, -0.2) is 36.2 Å². The van der Waals surface area contributed by atoms with E-state index in [1.54, 1.807) is 0 Å². The first-order valence-electron chi connectivity index (χ1n) is 18.8. The molecule has 0 saturated heterocycles. The third kappa shape index (κ3) is 33.9. The molecule has 0 aromatic carbocycles. The summed E-state index contributed by atoms with van der Waals surface area (Å²) in [5.74, 6) is 0. The number of allylic oxidation sites excluding steroid dienone is 2. The van der Waals surface area contributed by atoms with E-state index < -0.39 is 0 Å². The molecule has 0 aliphatic carbocycles. The van der Waals surface area contributed by atoms with E-state index in [2.05, 4.69) is 30.9 Å². The molecule has 240 valence electrons. The molecule has 0 aliphatic rings. The summed E-state index contributed by atoms with van der Waals surface area (Å²) in [5.41, 5.74) is 0. The van der Waals surface area contributed by atoms with Crippen LogP contribution in [0.2, 0.25) is 0 Å². The number of hydrogen-bond acceptors (Lipinski definition) is 2. The van der Waals surface area contributed by atoms with E-state index in [1.807, 2.05) is 0 Å². The fraction of sp³-hybridized carbons (Fsp3) is 0.947. The molecule has 0 fully saturated rings. The first-order chi connectivity index (χ1) is 19.8. The Morgan fingerprint density at radius 2 is 0.625 bits per heavy atom. The lowest BCUT2D eigenvalue weighted by molar-refractivity contribution is 0.190. The van der Waals surface area contributed by atoms with Crippen molar-refractivity contribution >= 4 is 0 Å². The van der Waals surface area contributed by atoms with Gasteiger partial charge in [-0.25, -0.2) is 0 Å². The second kappa shape index (κ2) is 36.7. The highest BCUT2D eigenvalue weighted by Crippen LogP contribution is 2.14. The highest BCUT2D eigenvalue weighted by molar-refractivity contribution is 4.81. The molecule has 1 N–H and O–H groups in total. The van der Waals surface area contributed by atoms with Crippen LogP contribution in [0, 0.1) is 0 Å². The third-order valence-electron chi connectivity index (χ3n) is 8.73. The molecule has 0 atom stereocenters. The largest absolute Gasteiger partial charge is 0.395 e. The van der Waals surface area contributed by atoms with Crippen LogP contribution in [-0.2, 0) is 0 Å². The molecule has 0 aromatic rings. The summed E-state index contributed by atoms with van der Waals surface area (Å²) in [7, 11) is 0. The quantitative estimate of drug-likeness (QED) is 0.0612.